The molecule has 0 saturated carbocycles. The van der Waals surface area contributed by atoms with Gasteiger partial charge < -0.3 is 9.50 Å². The van der Waals surface area contributed by atoms with Gasteiger partial charge in [0.1, 0.15) is 11.9 Å². The van der Waals surface area contributed by atoms with Gasteiger partial charge in [0.15, 0.2) is 0 Å². The van der Waals surface area contributed by atoms with Crippen molar-refractivity contribution >= 4 is 34.6 Å². The predicted molar refractivity (Wildman–Crippen MR) is 38.8 cm³/mol. The molecule has 1 N–H and O–H groups in total. The van der Waals surface area contributed by atoms with Crippen molar-refractivity contribution in [3.05, 3.63) is 0 Å². The Bertz CT molecular complexity index is 122. The Hall–Kier alpha value is -0.480. The van der Waals surface area contributed by atoms with Crippen LogP contribution in [-0.4, -0.2) is 16.3 Å². The number of hydrogen-bond donors (Lipinski definition) is 1. The molecule has 10 heavy (non-hydrogen) atoms. The SMILES string of the molecule is CC(C)=NO.O=C(Cl)OCl. The number of halogens is 2. The molecule has 0 atom stereocenters. The van der Waals surface area contributed by atoms with Crippen LogP contribution in [0.3, 0.4) is 0 Å². The summed E-state index contributed by atoms with van der Waals surface area (Å²) in [5.41, 5.74) is -0.323. The van der Waals surface area contributed by atoms with E-state index in [4.69, 9.17) is 5.21 Å². The molecule has 0 aliphatic heterocycles. The van der Waals surface area contributed by atoms with E-state index >= 15 is 0 Å². The summed E-state index contributed by atoms with van der Waals surface area (Å²) in [7, 11) is 0. The molecule has 4 nitrogen and oxygen atoms in total. The lowest BCUT2D eigenvalue weighted by molar-refractivity contribution is 0.230. The molecule has 0 spiro atoms. The molecule has 0 heterocycles. The van der Waals surface area contributed by atoms with Crippen molar-refractivity contribution in [1.29, 1.82) is 0 Å². The molecule has 6 heteroatoms. The Kier molecular flexibility index (Phi) is 10.4. The minimum atomic E-state index is -1.01. The van der Waals surface area contributed by atoms with Crippen molar-refractivity contribution in [2.45, 2.75) is 13.8 Å². The van der Waals surface area contributed by atoms with Crippen LogP contribution in [0.5, 0.6) is 0 Å². The minimum Gasteiger partial charge on any atom is -0.411 e. The van der Waals surface area contributed by atoms with Gasteiger partial charge in [0.25, 0.3) is 0 Å². The van der Waals surface area contributed by atoms with Crippen LogP contribution in [-0.2, 0) is 4.29 Å². The van der Waals surface area contributed by atoms with E-state index < -0.39 is 5.43 Å². The van der Waals surface area contributed by atoms with Gasteiger partial charge in [-0.1, -0.05) is 5.16 Å². The lowest BCUT2D eigenvalue weighted by atomic mass is 10.5. The van der Waals surface area contributed by atoms with Crippen LogP contribution in [0.15, 0.2) is 5.16 Å². The molecule has 0 aromatic heterocycles. The van der Waals surface area contributed by atoms with Crippen molar-refractivity contribution in [2.24, 2.45) is 5.16 Å². The molecule has 0 amide bonds. The first-order valence-corrected chi connectivity index (χ1v) is 2.86. The van der Waals surface area contributed by atoms with Crippen LogP contribution < -0.4 is 0 Å². The predicted octanol–water partition coefficient (Wildman–Crippen LogP) is 2.37. The standard InChI is InChI=1S/C3H7NO.CCl2O2/c1-3(2)4-5;2-1(4)5-3/h5H,1-2H3;. The van der Waals surface area contributed by atoms with E-state index in [0.29, 0.717) is 5.71 Å². The van der Waals surface area contributed by atoms with E-state index in [2.05, 4.69) is 32.9 Å². The first-order chi connectivity index (χ1) is 4.54. The van der Waals surface area contributed by atoms with Crippen LogP contribution in [0, 0.1) is 0 Å². The summed E-state index contributed by atoms with van der Waals surface area (Å²) < 4.78 is 3.35. The Morgan fingerprint density at radius 1 is 1.60 bits per heavy atom. The zero-order valence-electron chi connectivity index (χ0n) is 5.47. The Labute approximate surface area is 68.5 Å². The summed E-state index contributed by atoms with van der Waals surface area (Å²) in [6.07, 6.45) is 0. The lowest BCUT2D eigenvalue weighted by Gasteiger charge is -1.72. The third-order valence-electron chi connectivity index (χ3n) is 0.261. The van der Waals surface area contributed by atoms with Gasteiger partial charge in [-0.05, 0) is 13.8 Å². The molecular weight excluding hydrogens is 181 g/mol. The molecule has 0 aromatic rings. The summed E-state index contributed by atoms with van der Waals surface area (Å²) in [4.78, 5) is 9.22. The number of carbonyl (C=O) groups excluding carboxylic acids is 1. The van der Waals surface area contributed by atoms with Crippen LogP contribution in [0.25, 0.3) is 0 Å². The molecule has 0 aromatic carbocycles. The molecule has 0 radical (unpaired) electrons. The molecule has 0 bridgehead atoms. The fourth-order valence-corrected chi connectivity index (χ4v) is 0. The maximum atomic E-state index is 9.22. The highest BCUT2D eigenvalue weighted by Crippen LogP contribution is 1.87. The fraction of sp³-hybridized carbons (Fsp3) is 0.500. The van der Waals surface area contributed by atoms with Crippen molar-refractivity contribution in [2.75, 3.05) is 0 Å². The monoisotopic (exact) mass is 187 g/mol. The molecule has 0 unspecified atom stereocenters. The number of rotatable bonds is 0. The maximum Gasteiger partial charge on any atom is 0.421 e. The number of hydrogen-bond acceptors (Lipinski definition) is 4. The topological polar surface area (TPSA) is 58.9 Å². The molecule has 0 fully saturated rings. The second kappa shape index (κ2) is 8.52. The van der Waals surface area contributed by atoms with E-state index in [9.17, 15) is 4.79 Å². The number of nitrogens with zero attached hydrogens (tertiary/aromatic N) is 1. The average molecular weight is 188 g/mol. The molecule has 0 saturated heterocycles. The van der Waals surface area contributed by atoms with Gasteiger partial charge in [-0.3, -0.25) is 0 Å². The van der Waals surface area contributed by atoms with Crippen LogP contribution in [0.4, 0.5) is 4.79 Å². The molecule has 0 aliphatic rings. The van der Waals surface area contributed by atoms with Crippen molar-refractivity contribution in [3.8, 4) is 0 Å². The summed E-state index contributed by atoms with van der Waals surface area (Å²) in [5, 5.41) is 10.5. The quantitative estimate of drug-likeness (QED) is 0.274. The smallest absolute Gasteiger partial charge is 0.411 e. The highest BCUT2D eigenvalue weighted by Gasteiger charge is 1.84. The van der Waals surface area contributed by atoms with Gasteiger partial charge in [-0.15, -0.1) is 0 Å². The summed E-state index contributed by atoms with van der Waals surface area (Å²) in [6.45, 7) is 3.44. The first kappa shape index (κ1) is 12.2. The third kappa shape index (κ3) is 25.8. The van der Waals surface area contributed by atoms with Crippen molar-refractivity contribution in [1.82, 2.24) is 0 Å². The van der Waals surface area contributed by atoms with Gasteiger partial charge in [-0.2, -0.15) is 0 Å². The lowest BCUT2D eigenvalue weighted by Crippen LogP contribution is -1.74. The van der Waals surface area contributed by atoms with Crippen molar-refractivity contribution in [3.63, 3.8) is 0 Å². The van der Waals surface area contributed by atoms with Crippen molar-refractivity contribution < 1.29 is 14.3 Å². The molecule has 0 rings (SSSR count). The Morgan fingerprint density at radius 2 is 1.80 bits per heavy atom. The minimum absolute atomic E-state index is 0.685. The van der Waals surface area contributed by atoms with E-state index in [-0.39, 0.29) is 0 Å². The van der Waals surface area contributed by atoms with Gasteiger partial charge in [-0.25, -0.2) is 4.79 Å². The third-order valence-corrected chi connectivity index (χ3v) is 0.557. The van der Waals surface area contributed by atoms with E-state index in [1.807, 2.05) is 0 Å². The number of oxime groups is 1. The summed E-state index contributed by atoms with van der Waals surface area (Å²) >= 11 is 8.82. The van der Waals surface area contributed by atoms with E-state index in [1.165, 1.54) is 0 Å². The first-order valence-electron chi connectivity index (χ1n) is 2.18. The van der Waals surface area contributed by atoms with Crippen LogP contribution in [0.2, 0.25) is 0 Å². The zero-order valence-corrected chi connectivity index (χ0v) is 6.98. The summed E-state index contributed by atoms with van der Waals surface area (Å²) in [6, 6.07) is 0. The maximum absolute atomic E-state index is 9.22. The summed E-state index contributed by atoms with van der Waals surface area (Å²) in [5.74, 6) is 0. The number of carbonyl (C=O) groups is 1. The van der Waals surface area contributed by atoms with Gasteiger partial charge in [0.05, 0.1) is 5.71 Å². The van der Waals surface area contributed by atoms with Gasteiger partial charge in [0.2, 0.25) is 0 Å². The molecule has 0 aliphatic carbocycles. The average Bonchev–Trinajstić information content (AvgIpc) is 1.89. The normalized spacial score (nSPS) is 6.80. The Balaban J connectivity index is 0. The molecule has 60 valence electrons. The highest BCUT2D eigenvalue weighted by molar-refractivity contribution is 6.62. The Morgan fingerprint density at radius 3 is 1.80 bits per heavy atom. The fourth-order valence-electron chi connectivity index (χ4n) is 0. The van der Waals surface area contributed by atoms with Gasteiger partial charge >= 0.3 is 5.43 Å². The largest absolute Gasteiger partial charge is 0.421 e. The van der Waals surface area contributed by atoms with E-state index in [0.717, 1.165) is 0 Å². The second-order valence-electron chi connectivity index (χ2n) is 1.36. The van der Waals surface area contributed by atoms with Crippen LogP contribution >= 0.6 is 23.5 Å². The highest BCUT2D eigenvalue weighted by atomic mass is 35.5. The zero-order chi connectivity index (χ0) is 8.57. The second-order valence-corrected chi connectivity index (χ2v) is 1.82. The molecular formula is C4H7Cl2NO3. The van der Waals surface area contributed by atoms with Gasteiger partial charge in [0, 0.05) is 11.6 Å². The van der Waals surface area contributed by atoms with Crippen LogP contribution in [0.1, 0.15) is 13.8 Å². The van der Waals surface area contributed by atoms with E-state index in [1.54, 1.807) is 13.8 Å².